The second-order valence-electron chi connectivity index (χ2n) is 5.23. The molecule has 0 saturated carbocycles. The Morgan fingerprint density at radius 3 is 3.00 bits per heavy atom. The maximum atomic E-state index is 5.87. The van der Waals surface area contributed by atoms with Crippen LogP contribution in [-0.2, 0) is 11.8 Å². The predicted octanol–water partition coefficient (Wildman–Crippen LogP) is 1.74. The second kappa shape index (κ2) is 9.61. The lowest BCUT2D eigenvalue weighted by Gasteiger charge is -2.35. The third-order valence-corrected chi connectivity index (χ3v) is 4.60. The van der Waals surface area contributed by atoms with Gasteiger partial charge in [-0.25, -0.2) is 0 Å². The van der Waals surface area contributed by atoms with E-state index in [9.17, 15) is 0 Å². The van der Waals surface area contributed by atoms with Crippen molar-refractivity contribution in [3.8, 4) is 0 Å². The number of nitrogens with one attached hydrogen (secondary N) is 1. The van der Waals surface area contributed by atoms with Crippen LogP contribution in [-0.4, -0.2) is 65.4 Å². The van der Waals surface area contributed by atoms with Gasteiger partial charge in [0.25, 0.3) is 0 Å². The van der Waals surface area contributed by atoms with Gasteiger partial charge in [0.1, 0.15) is 6.10 Å². The van der Waals surface area contributed by atoms with Crippen molar-refractivity contribution < 1.29 is 4.74 Å². The summed E-state index contributed by atoms with van der Waals surface area (Å²) in [6, 6.07) is 0. The molecule has 1 fully saturated rings. The van der Waals surface area contributed by atoms with Crippen molar-refractivity contribution in [3.63, 3.8) is 0 Å². The Balaban J connectivity index is 0.00000242. The van der Waals surface area contributed by atoms with Crippen LogP contribution in [0, 0.1) is 0 Å². The van der Waals surface area contributed by atoms with E-state index in [1.807, 2.05) is 42.9 Å². The van der Waals surface area contributed by atoms with Crippen molar-refractivity contribution in [3.05, 3.63) is 18.0 Å². The van der Waals surface area contributed by atoms with Crippen LogP contribution in [0.3, 0.4) is 0 Å². The number of aryl methyl sites for hydroxylation is 1. The summed E-state index contributed by atoms with van der Waals surface area (Å²) in [7, 11) is 3.76. The number of hydrogen-bond acceptors (Lipinski definition) is 4. The molecule has 1 aromatic rings. The van der Waals surface area contributed by atoms with E-state index in [0.29, 0.717) is 11.9 Å². The van der Waals surface area contributed by atoms with Crippen LogP contribution in [0.4, 0.5) is 0 Å². The number of aromatic nitrogens is 2. The largest absolute Gasteiger partial charge is 0.370 e. The van der Waals surface area contributed by atoms with E-state index in [1.54, 1.807) is 0 Å². The first-order valence-corrected chi connectivity index (χ1v) is 8.51. The van der Waals surface area contributed by atoms with E-state index in [4.69, 9.17) is 4.74 Å². The average Bonchev–Trinajstić information content (AvgIpc) is 2.94. The van der Waals surface area contributed by atoms with Gasteiger partial charge in [-0.1, -0.05) is 6.92 Å². The van der Waals surface area contributed by atoms with Gasteiger partial charge < -0.3 is 15.0 Å². The number of rotatable bonds is 4. The number of aliphatic imine (C=N–C) groups is 1. The number of hydrogen-bond donors (Lipinski definition) is 1. The second-order valence-corrected chi connectivity index (χ2v) is 6.50. The SMILES string of the molecule is CN=C(NCC(C)SC)N1CCOC(c2cnn(C)c2)C1.I. The third-order valence-electron chi connectivity index (χ3n) is 3.62. The zero-order chi connectivity index (χ0) is 15.2. The normalized spacial score (nSPS) is 20.5. The Hall–Kier alpha value is -0.480. The minimum atomic E-state index is 0. The fraction of sp³-hybridized carbons (Fsp3) is 0.714. The van der Waals surface area contributed by atoms with Gasteiger partial charge in [0.2, 0.25) is 0 Å². The molecule has 6 nitrogen and oxygen atoms in total. The van der Waals surface area contributed by atoms with E-state index >= 15 is 0 Å². The maximum Gasteiger partial charge on any atom is 0.193 e. The first kappa shape index (κ1) is 19.6. The summed E-state index contributed by atoms with van der Waals surface area (Å²) >= 11 is 1.85. The lowest BCUT2D eigenvalue weighted by molar-refractivity contribution is -0.00800. The quantitative estimate of drug-likeness (QED) is 0.440. The summed E-state index contributed by atoms with van der Waals surface area (Å²) < 4.78 is 7.68. The molecule has 1 aromatic heterocycles. The first-order chi connectivity index (χ1) is 10.1. The summed E-state index contributed by atoms with van der Waals surface area (Å²) in [6.45, 7) is 5.51. The van der Waals surface area contributed by atoms with Crippen molar-refractivity contribution in [1.29, 1.82) is 0 Å². The van der Waals surface area contributed by atoms with Gasteiger partial charge >= 0.3 is 0 Å². The molecule has 2 atom stereocenters. The van der Waals surface area contributed by atoms with Crippen LogP contribution in [0.15, 0.2) is 17.4 Å². The van der Waals surface area contributed by atoms with Crippen molar-refractivity contribution in [2.45, 2.75) is 18.3 Å². The first-order valence-electron chi connectivity index (χ1n) is 7.22. The minimum absolute atomic E-state index is 0. The van der Waals surface area contributed by atoms with E-state index in [1.165, 1.54) is 0 Å². The highest BCUT2D eigenvalue weighted by atomic mass is 127. The molecule has 2 rings (SSSR count). The van der Waals surface area contributed by atoms with Gasteiger partial charge in [-0.2, -0.15) is 16.9 Å². The van der Waals surface area contributed by atoms with E-state index in [0.717, 1.165) is 31.2 Å². The molecule has 0 amide bonds. The zero-order valence-corrected chi connectivity index (χ0v) is 16.8. The molecule has 1 N–H and O–H groups in total. The smallest absolute Gasteiger partial charge is 0.193 e. The summed E-state index contributed by atoms with van der Waals surface area (Å²) in [5.41, 5.74) is 1.12. The van der Waals surface area contributed by atoms with Crippen LogP contribution >= 0.6 is 35.7 Å². The average molecular weight is 439 g/mol. The number of guanidine groups is 1. The van der Waals surface area contributed by atoms with Gasteiger partial charge in [0, 0.05) is 44.2 Å². The molecular formula is C14H26IN5OS. The van der Waals surface area contributed by atoms with Crippen LogP contribution in [0.1, 0.15) is 18.6 Å². The number of thioether (sulfide) groups is 1. The third kappa shape index (κ3) is 5.31. The highest BCUT2D eigenvalue weighted by molar-refractivity contribution is 14.0. The Kier molecular flexibility index (Phi) is 8.55. The summed E-state index contributed by atoms with van der Waals surface area (Å²) in [4.78, 5) is 6.66. The van der Waals surface area contributed by atoms with Crippen LogP contribution in [0.2, 0.25) is 0 Å². The van der Waals surface area contributed by atoms with E-state index < -0.39 is 0 Å². The standard InChI is InChI=1S/C14H25N5OS.HI/c1-11(21-4)7-16-14(15-2)19-5-6-20-13(10-19)12-8-17-18(3)9-12;/h8-9,11,13H,5-7,10H2,1-4H3,(H,15,16);1H. The van der Waals surface area contributed by atoms with E-state index in [-0.39, 0.29) is 30.1 Å². The lowest BCUT2D eigenvalue weighted by Crippen LogP contribution is -2.49. The molecule has 0 aliphatic carbocycles. The molecule has 1 saturated heterocycles. The van der Waals surface area contributed by atoms with Gasteiger partial charge in [0.05, 0.1) is 19.3 Å². The number of morpholine rings is 1. The van der Waals surface area contributed by atoms with Crippen molar-refractivity contribution >= 4 is 41.7 Å². The molecule has 22 heavy (non-hydrogen) atoms. The Morgan fingerprint density at radius 1 is 1.64 bits per heavy atom. The highest BCUT2D eigenvalue weighted by Crippen LogP contribution is 2.21. The summed E-state index contributed by atoms with van der Waals surface area (Å²) in [5.74, 6) is 0.952. The molecule has 0 spiro atoms. The fourth-order valence-corrected chi connectivity index (χ4v) is 2.55. The topological polar surface area (TPSA) is 54.7 Å². The van der Waals surface area contributed by atoms with E-state index in [2.05, 4.69) is 33.5 Å². The van der Waals surface area contributed by atoms with Crippen LogP contribution in [0.5, 0.6) is 0 Å². The highest BCUT2D eigenvalue weighted by Gasteiger charge is 2.25. The molecule has 2 heterocycles. The Labute approximate surface area is 154 Å². The molecule has 1 aliphatic heterocycles. The summed E-state index contributed by atoms with van der Waals surface area (Å²) in [6.07, 6.45) is 6.08. The van der Waals surface area contributed by atoms with Crippen molar-refractivity contribution in [2.24, 2.45) is 12.0 Å². The van der Waals surface area contributed by atoms with Gasteiger partial charge in [-0.15, -0.1) is 24.0 Å². The zero-order valence-electron chi connectivity index (χ0n) is 13.7. The molecular weight excluding hydrogens is 413 g/mol. The fourth-order valence-electron chi connectivity index (χ4n) is 2.30. The minimum Gasteiger partial charge on any atom is -0.370 e. The van der Waals surface area contributed by atoms with Gasteiger partial charge in [0.15, 0.2) is 5.96 Å². The van der Waals surface area contributed by atoms with Gasteiger partial charge in [-0.05, 0) is 6.26 Å². The Morgan fingerprint density at radius 2 is 2.41 bits per heavy atom. The number of halogens is 1. The molecule has 8 heteroatoms. The molecule has 1 aliphatic rings. The van der Waals surface area contributed by atoms with Crippen LogP contribution < -0.4 is 5.32 Å². The predicted molar refractivity (Wildman–Crippen MR) is 103 cm³/mol. The maximum absolute atomic E-state index is 5.87. The van der Waals surface area contributed by atoms with Gasteiger partial charge in [-0.3, -0.25) is 9.67 Å². The molecule has 2 unspecified atom stereocenters. The number of nitrogens with zero attached hydrogens (tertiary/aromatic N) is 4. The van der Waals surface area contributed by atoms with Crippen molar-refractivity contribution in [2.75, 3.05) is 39.5 Å². The Bertz CT molecular complexity index is 482. The van der Waals surface area contributed by atoms with Crippen molar-refractivity contribution in [1.82, 2.24) is 20.0 Å². The lowest BCUT2D eigenvalue weighted by atomic mass is 10.1. The molecule has 0 radical (unpaired) electrons. The molecule has 0 bridgehead atoms. The molecule has 126 valence electrons. The number of ether oxygens (including phenoxy) is 1. The molecule has 0 aromatic carbocycles. The monoisotopic (exact) mass is 439 g/mol. The summed E-state index contributed by atoms with van der Waals surface area (Å²) in [5, 5.41) is 8.23. The van der Waals surface area contributed by atoms with Crippen LogP contribution in [0.25, 0.3) is 0 Å².